The van der Waals surface area contributed by atoms with E-state index >= 15 is 0 Å². The topological polar surface area (TPSA) is 53.0 Å². The predicted octanol–water partition coefficient (Wildman–Crippen LogP) is 1.65. The number of piperazine rings is 1. The number of carbonyl (C=O) groups excluding carboxylic acids is 1. The lowest BCUT2D eigenvalue weighted by Crippen LogP contribution is -2.50. The molecule has 0 radical (unpaired) electrons. The Labute approximate surface area is 138 Å². The molecule has 1 saturated heterocycles. The maximum atomic E-state index is 12.1. The molecule has 134 valence electrons. The van der Waals surface area contributed by atoms with Crippen LogP contribution in [0.5, 0.6) is 5.75 Å². The molecule has 1 fully saturated rings. The summed E-state index contributed by atoms with van der Waals surface area (Å²) < 4.78 is 40.9. The van der Waals surface area contributed by atoms with E-state index in [1.807, 2.05) is 0 Å². The van der Waals surface area contributed by atoms with Gasteiger partial charge in [-0.25, -0.2) is 0 Å². The van der Waals surface area contributed by atoms with Crippen LogP contribution in [0, 0.1) is 0 Å². The zero-order chi connectivity index (χ0) is 17.7. The van der Waals surface area contributed by atoms with Crippen LogP contribution in [0.2, 0.25) is 0 Å². The number of nitrogens with zero attached hydrogens (tertiary/aromatic N) is 2. The van der Waals surface area contributed by atoms with Gasteiger partial charge in [-0.1, -0.05) is 12.1 Å². The summed E-state index contributed by atoms with van der Waals surface area (Å²) in [5, 5.41) is 9.31. The first-order valence-electron chi connectivity index (χ1n) is 7.72. The molecule has 1 atom stereocenters. The van der Waals surface area contributed by atoms with Gasteiger partial charge in [0.1, 0.15) is 11.9 Å². The third-order valence-electron chi connectivity index (χ3n) is 3.77. The van der Waals surface area contributed by atoms with Crippen LogP contribution in [-0.4, -0.2) is 65.9 Å². The summed E-state index contributed by atoms with van der Waals surface area (Å²) in [6, 6.07) is 6.51. The lowest BCUT2D eigenvalue weighted by molar-refractivity contribution is -0.153. The molecule has 1 unspecified atom stereocenters. The van der Waals surface area contributed by atoms with Crippen molar-refractivity contribution in [3.05, 3.63) is 29.8 Å². The van der Waals surface area contributed by atoms with Gasteiger partial charge in [0.15, 0.2) is 6.61 Å². The van der Waals surface area contributed by atoms with E-state index in [0.29, 0.717) is 32.7 Å². The van der Waals surface area contributed by atoms with Crippen molar-refractivity contribution in [1.82, 2.24) is 9.80 Å². The molecular weight excluding hydrogens is 325 g/mol. The Balaban J connectivity index is 1.79. The fraction of sp³-hybridized carbons (Fsp3) is 0.562. The highest BCUT2D eigenvalue weighted by atomic mass is 19.4. The number of alkyl halides is 3. The molecule has 0 aromatic heterocycles. The van der Waals surface area contributed by atoms with Crippen molar-refractivity contribution in [2.75, 3.05) is 32.8 Å². The first-order valence-corrected chi connectivity index (χ1v) is 7.72. The molecule has 1 N–H and O–H groups in total. The fourth-order valence-electron chi connectivity index (χ4n) is 2.51. The maximum Gasteiger partial charge on any atom is 0.422 e. The highest BCUT2D eigenvalue weighted by Gasteiger charge is 2.28. The molecule has 1 heterocycles. The zero-order valence-electron chi connectivity index (χ0n) is 13.4. The number of rotatable bonds is 5. The molecule has 8 heteroatoms. The molecular formula is C16H21F3N2O3. The highest BCUT2D eigenvalue weighted by molar-refractivity contribution is 5.80. The molecule has 0 aliphatic carbocycles. The van der Waals surface area contributed by atoms with Crippen LogP contribution < -0.4 is 4.74 Å². The fourth-order valence-corrected chi connectivity index (χ4v) is 2.51. The van der Waals surface area contributed by atoms with E-state index in [9.17, 15) is 23.1 Å². The van der Waals surface area contributed by atoms with Crippen LogP contribution in [0.1, 0.15) is 12.5 Å². The largest absolute Gasteiger partial charge is 0.484 e. The SMILES string of the molecule is CC(O)C(=O)N1CCN(Cc2ccc(OCC(F)(F)F)cc2)CC1. The number of aliphatic hydroxyl groups excluding tert-OH is 1. The minimum atomic E-state index is -4.35. The van der Waals surface area contributed by atoms with Gasteiger partial charge in [-0.15, -0.1) is 0 Å². The lowest BCUT2D eigenvalue weighted by atomic mass is 10.2. The molecule has 0 spiro atoms. The number of halogens is 3. The molecule has 1 aromatic rings. The standard InChI is InChI=1S/C16H21F3N2O3/c1-12(22)15(23)21-8-6-20(7-9-21)10-13-2-4-14(5-3-13)24-11-16(17,18)19/h2-5,12,22H,6-11H2,1H3. The van der Waals surface area contributed by atoms with Gasteiger partial charge in [-0.2, -0.15) is 13.2 Å². The summed E-state index contributed by atoms with van der Waals surface area (Å²) in [7, 11) is 0. The molecule has 0 saturated carbocycles. The number of carbonyl (C=O) groups is 1. The van der Waals surface area contributed by atoms with E-state index in [2.05, 4.69) is 9.64 Å². The van der Waals surface area contributed by atoms with E-state index < -0.39 is 18.9 Å². The minimum Gasteiger partial charge on any atom is -0.484 e. The van der Waals surface area contributed by atoms with Crippen molar-refractivity contribution < 1.29 is 27.8 Å². The summed E-state index contributed by atoms with van der Waals surface area (Å²) in [5.41, 5.74) is 0.963. The van der Waals surface area contributed by atoms with Gasteiger partial charge < -0.3 is 14.7 Å². The highest BCUT2D eigenvalue weighted by Crippen LogP contribution is 2.19. The summed E-state index contributed by atoms with van der Waals surface area (Å²) in [4.78, 5) is 15.5. The van der Waals surface area contributed by atoms with Gasteiger partial charge >= 0.3 is 6.18 Å². The van der Waals surface area contributed by atoms with Crippen molar-refractivity contribution in [2.24, 2.45) is 0 Å². The van der Waals surface area contributed by atoms with Crippen LogP contribution in [-0.2, 0) is 11.3 Å². The third kappa shape index (κ3) is 5.68. The molecule has 24 heavy (non-hydrogen) atoms. The average molecular weight is 346 g/mol. The first kappa shape index (κ1) is 18.5. The monoisotopic (exact) mass is 346 g/mol. The van der Waals surface area contributed by atoms with Gasteiger partial charge in [0, 0.05) is 32.7 Å². The van der Waals surface area contributed by atoms with Crippen molar-refractivity contribution in [3.63, 3.8) is 0 Å². The molecule has 1 aliphatic heterocycles. The van der Waals surface area contributed by atoms with Gasteiger partial charge in [0.25, 0.3) is 5.91 Å². The van der Waals surface area contributed by atoms with Crippen molar-refractivity contribution in [3.8, 4) is 5.75 Å². The van der Waals surface area contributed by atoms with Gasteiger partial charge in [-0.05, 0) is 24.6 Å². The summed E-state index contributed by atoms with van der Waals surface area (Å²) in [6.45, 7) is 3.28. The van der Waals surface area contributed by atoms with E-state index in [-0.39, 0.29) is 11.7 Å². The number of hydrogen-bond acceptors (Lipinski definition) is 4. The minimum absolute atomic E-state index is 0.184. The number of amides is 1. The molecule has 1 aliphatic rings. The van der Waals surface area contributed by atoms with Crippen LogP contribution in [0.15, 0.2) is 24.3 Å². The van der Waals surface area contributed by atoms with E-state index in [4.69, 9.17) is 0 Å². The molecule has 5 nitrogen and oxygen atoms in total. The normalized spacial score (nSPS) is 17.6. The second kappa shape index (κ2) is 7.85. The molecule has 0 bridgehead atoms. The van der Waals surface area contributed by atoms with Crippen LogP contribution in [0.25, 0.3) is 0 Å². The Morgan fingerprint density at radius 1 is 1.21 bits per heavy atom. The Hall–Kier alpha value is -1.80. The van der Waals surface area contributed by atoms with E-state index in [1.165, 1.54) is 19.1 Å². The van der Waals surface area contributed by atoms with Crippen molar-refractivity contribution >= 4 is 5.91 Å². The summed E-state index contributed by atoms with van der Waals surface area (Å²) in [6.07, 6.45) is -5.33. The second-order valence-corrected chi connectivity index (χ2v) is 5.83. The Kier molecular flexibility index (Phi) is 6.06. The van der Waals surface area contributed by atoms with Crippen LogP contribution >= 0.6 is 0 Å². The third-order valence-corrected chi connectivity index (χ3v) is 3.77. The number of ether oxygens (including phenoxy) is 1. The Morgan fingerprint density at radius 2 is 1.79 bits per heavy atom. The number of aliphatic hydroxyl groups is 1. The number of benzene rings is 1. The average Bonchev–Trinajstić information content (AvgIpc) is 2.53. The van der Waals surface area contributed by atoms with E-state index in [1.54, 1.807) is 17.0 Å². The summed E-state index contributed by atoms with van der Waals surface area (Å²) in [5.74, 6) is -0.0794. The zero-order valence-corrected chi connectivity index (χ0v) is 13.4. The van der Waals surface area contributed by atoms with Crippen molar-refractivity contribution in [2.45, 2.75) is 25.7 Å². The predicted molar refractivity (Wildman–Crippen MR) is 81.5 cm³/mol. The molecule has 1 aromatic carbocycles. The smallest absolute Gasteiger partial charge is 0.422 e. The lowest BCUT2D eigenvalue weighted by Gasteiger charge is -2.35. The quantitative estimate of drug-likeness (QED) is 0.881. The second-order valence-electron chi connectivity index (χ2n) is 5.83. The van der Waals surface area contributed by atoms with Gasteiger partial charge in [-0.3, -0.25) is 9.69 Å². The van der Waals surface area contributed by atoms with Crippen molar-refractivity contribution in [1.29, 1.82) is 0 Å². The van der Waals surface area contributed by atoms with Gasteiger partial charge in [0.05, 0.1) is 0 Å². The van der Waals surface area contributed by atoms with Crippen LogP contribution in [0.4, 0.5) is 13.2 Å². The number of hydrogen-bond donors (Lipinski definition) is 1. The Bertz CT molecular complexity index is 538. The molecule has 1 amide bonds. The Morgan fingerprint density at radius 3 is 2.29 bits per heavy atom. The summed E-state index contributed by atoms with van der Waals surface area (Å²) >= 11 is 0. The van der Waals surface area contributed by atoms with E-state index in [0.717, 1.165) is 5.56 Å². The first-order chi connectivity index (χ1) is 11.2. The van der Waals surface area contributed by atoms with Gasteiger partial charge in [0.2, 0.25) is 0 Å². The molecule has 2 rings (SSSR count). The van der Waals surface area contributed by atoms with Crippen LogP contribution in [0.3, 0.4) is 0 Å². The maximum absolute atomic E-state index is 12.1.